The number of amides is 1. The van der Waals surface area contributed by atoms with E-state index in [1.165, 1.54) is 0 Å². The fraction of sp³-hybridized carbons (Fsp3) is 0.889. The lowest BCUT2D eigenvalue weighted by atomic mass is 9.84. The van der Waals surface area contributed by atoms with Gasteiger partial charge in [-0.05, 0) is 57.8 Å². The third-order valence-corrected chi connectivity index (χ3v) is 5.97. The van der Waals surface area contributed by atoms with E-state index in [1.54, 1.807) is 0 Å². The molecule has 0 aromatic carbocycles. The van der Waals surface area contributed by atoms with E-state index in [2.05, 4.69) is 0 Å². The number of likely N-dealkylation sites (tertiary alicyclic amines) is 1. The van der Waals surface area contributed by atoms with Crippen LogP contribution in [0.5, 0.6) is 0 Å². The highest BCUT2D eigenvalue weighted by molar-refractivity contribution is 5.85. The molecule has 0 spiro atoms. The number of carbonyl (C=O) groups excluding carboxylic acids is 1. The summed E-state index contributed by atoms with van der Waals surface area (Å²) in [6, 6.07) is 0. The van der Waals surface area contributed by atoms with Crippen molar-refractivity contribution in [2.24, 2.45) is 11.8 Å². The normalized spacial score (nSPS) is 30.6. The van der Waals surface area contributed by atoms with E-state index in [1.807, 2.05) is 11.8 Å². The van der Waals surface area contributed by atoms with E-state index in [0.717, 1.165) is 38.5 Å². The maximum Gasteiger partial charge on any atom is 0.309 e. The van der Waals surface area contributed by atoms with Gasteiger partial charge < -0.3 is 19.5 Å². The predicted octanol–water partition coefficient (Wildman–Crippen LogP) is 2.06. The van der Waals surface area contributed by atoms with E-state index in [0.29, 0.717) is 32.7 Å². The monoisotopic (exact) mass is 339 g/mol. The van der Waals surface area contributed by atoms with Gasteiger partial charge >= 0.3 is 5.97 Å². The zero-order valence-corrected chi connectivity index (χ0v) is 14.5. The van der Waals surface area contributed by atoms with Crippen LogP contribution in [-0.2, 0) is 19.1 Å². The lowest BCUT2D eigenvalue weighted by molar-refractivity contribution is -0.160. The van der Waals surface area contributed by atoms with Gasteiger partial charge in [-0.2, -0.15) is 0 Å². The molecule has 3 aliphatic rings. The molecule has 2 heterocycles. The van der Waals surface area contributed by atoms with Gasteiger partial charge in [0, 0.05) is 26.3 Å². The standard InChI is InChI=1S/C18H29NO5/c1-2-24-18(8-3-4-9-18)17(22)19-10-5-13(6-11-19)15-14(16(20)21)7-12-23-15/h13-15H,2-12H2,1H3,(H,20,21)/t14?,15-/m0/s1. The number of rotatable bonds is 5. The second-order valence-corrected chi connectivity index (χ2v) is 7.33. The van der Waals surface area contributed by atoms with Crippen LogP contribution in [0.4, 0.5) is 0 Å². The summed E-state index contributed by atoms with van der Waals surface area (Å²) >= 11 is 0. The lowest BCUT2D eigenvalue weighted by Crippen LogP contribution is -2.52. The molecule has 3 rings (SSSR count). The average Bonchev–Trinajstić information content (AvgIpc) is 3.25. The van der Waals surface area contributed by atoms with Crippen LogP contribution in [0.25, 0.3) is 0 Å². The highest BCUT2D eigenvalue weighted by atomic mass is 16.5. The van der Waals surface area contributed by atoms with Gasteiger partial charge in [0.2, 0.25) is 0 Å². The molecule has 3 fully saturated rings. The fourth-order valence-corrected chi connectivity index (χ4v) is 4.70. The molecule has 0 aromatic rings. The summed E-state index contributed by atoms with van der Waals surface area (Å²) in [4.78, 5) is 26.3. The molecule has 1 saturated carbocycles. The molecular formula is C18H29NO5. The van der Waals surface area contributed by atoms with E-state index >= 15 is 0 Å². The second kappa shape index (κ2) is 7.40. The van der Waals surface area contributed by atoms with Crippen LogP contribution in [0.1, 0.15) is 51.9 Å². The Labute approximate surface area is 143 Å². The summed E-state index contributed by atoms with van der Waals surface area (Å²) in [5.41, 5.74) is -0.602. The second-order valence-electron chi connectivity index (χ2n) is 7.33. The van der Waals surface area contributed by atoms with Gasteiger partial charge in [0.25, 0.3) is 5.91 Å². The molecule has 136 valence electrons. The zero-order valence-electron chi connectivity index (χ0n) is 14.5. The first-order valence-corrected chi connectivity index (χ1v) is 9.35. The molecule has 0 bridgehead atoms. The number of aliphatic carboxylic acids is 1. The lowest BCUT2D eigenvalue weighted by Gasteiger charge is -2.39. The quantitative estimate of drug-likeness (QED) is 0.830. The van der Waals surface area contributed by atoms with Gasteiger partial charge in [-0.15, -0.1) is 0 Å². The Balaban J connectivity index is 1.58. The molecule has 24 heavy (non-hydrogen) atoms. The first-order chi connectivity index (χ1) is 11.6. The predicted molar refractivity (Wildman–Crippen MR) is 87.6 cm³/mol. The largest absolute Gasteiger partial charge is 0.481 e. The summed E-state index contributed by atoms with van der Waals surface area (Å²) in [7, 11) is 0. The molecular weight excluding hydrogens is 310 g/mol. The van der Waals surface area contributed by atoms with Gasteiger partial charge in [0.05, 0.1) is 12.0 Å². The van der Waals surface area contributed by atoms with Crippen LogP contribution >= 0.6 is 0 Å². The summed E-state index contributed by atoms with van der Waals surface area (Å²) in [6.45, 7) is 4.42. The van der Waals surface area contributed by atoms with Crippen LogP contribution in [0.2, 0.25) is 0 Å². The third-order valence-electron chi connectivity index (χ3n) is 5.97. The van der Waals surface area contributed by atoms with Crippen LogP contribution < -0.4 is 0 Å². The Bertz CT molecular complexity index is 466. The van der Waals surface area contributed by atoms with Crippen molar-refractivity contribution in [2.45, 2.75) is 63.6 Å². The molecule has 0 radical (unpaired) electrons. The molecule has 1 amide bonds. The van der Waals surface area contributed by atoms with Gasteiger partial charge in [-0.25, -0.2) is 0 Å². The molecule has 2 saturated heterocycles. The summed E-state index contributed by atoms with van der Waals surface area (Å²) in [5.74, 6) is -0.759. The minimum Gasteiger partial charge on any atom is -0.481 e. The highest BCUT2D eigenvalue weighted by Gasteiger charge is 2.46. The maximum absolute atomic E-state index is 13.0. The smallest absolute Gasteiger partial charge is 0.309 e. The SMILES string of the molecule is CCOC1(C(=O)N2CCC([C@@H]3OCCC3C(=O)O)CC2)CCCC1. The third kappa shape index (κ3) is 3.31. The van der Waals surface area contributed by atoms with Crippen LogP contribution in [0.15, 0.2) is 0 Å². The molecule has 1 unspecified atom stereocenters. The van der Waals surface area contributed by atoms with Gasteiger partial charge in [-0.1, -0.05) is 0 Å². The molecule has 6 nitrogen and oxygen atoms in total. The van der Waals surface area contributed by atoms with Crippen molar-refractivity contribution >= 4 is 11.9 Å². The van der Waals surface area contributed by atoms with Crippen molar-refractivity contribution in [3.05, 3.63) is 0 Å². The van der Waals surface area contributed by atoms with Crippen LogP contribution in [0, 0.1) is 11.8 Å². The fourth-order valence-electron chi connectivity index (χ4n) is 4.70. The first kappa shape index (κ1) is 17.7. The minimum atomic E-state index is -0.753. The van der Waals surface area contributed by atoms with Crippen molar-refractivity contribution in [1.82, 2.24) is 4.90 Å². The maximum atomic E-state index is 13.0. The van der Waals surface area contributed by atoms with E-state index in [4.69, 9.17) is 9.47 Å². The van der Waals surface area contributed by atoms with Crippen LogP contribution in [-0.4, -0.2) is 59.9 Å². The number of carbonyl (C=O) groups is 2. The highest BCUT2D eigenvalue weighted by Crippen LogP contribution is 2.38. The first-order valence-electron chi connectivity index (χ1n) is 9.35. The minimum absolute atomic E-state index is 0.141. The molecule has 6 heteroatoms. The Morgan fingerprint density at radius 2 is 1.88 bits per heavy atom. The van der Waals surface area contributed by atoms with Gasteiger partial charge in [0.1, 0.15) is 5.60 Å². The van der Waals surface area contributed by atoms with Crippen molar-refractivity contribution in [3.8, 4) is 0 Å². The number of ether oxygens (including phenoxy) is 2. The van der Waals surface area contributed by atoms with Gasteiger partial charge in [0.15, 0.2) is 0 Å². The Kier molecular flexibility index (Phi) is 5.45. The Morgan fingerprint density at radius 1 is 1.21 bits per heavy atom. The summed E-state index contributed by atoms with van der Waals surface area (Å²) in [6.07, 6.45) is 5.82. The zero-order chi connectivity index (χ0) is 17.2. The van der Waals surface area contributed by atoms with E-state index in [-0.39, 0.29) is 23.8 Å². The number of hydrogen-bond acceptors (Lipinski definition) is 4. The number of nitrogens with zero attached hydrogens (tertiary/aromatic N) is 1. The number of carboxylic acids is 1. The Hall–Kier alpha value is -1.14. The molecule has 1 aliphatic carbocycles. The van der Waals surface area contributed by atoms with E-state index < -0.39 is 11.6 Å². The van der Waals surface area contributed by atoms with Crippen LogP contribution in [0.3, 0.4) is 0 Å². The van der Waals surface area contributed by atoms with Crippen molar-refractivity contribution in [2.75, 3.05) is 26.3 Å². The van der Waals surface area contributed by atoms with Crippen molar-refractivity contribution in [1.29, 1.82) is 0 Å². The van der Waals surface area contributed by atoms with Gasteiger partial charge in [-0.3, -0.25) is 9.59 Å². The number of piperidine rings is 1. The number of hydrogen-bond donors (Lipinski definition) is 1. The van der Waals surface area contributed by atoms with E-state index in [9.17, 15) is 14.7 Å². The summed E-state index contributed by atoms with van der Waals surface area (Å²) in [5, 5.41) is 9.33. The average molecular weight is 339 g/mol. The number of carboxylic acid groups (broad SMARTS) is 1. The summed E-state index contributed by atoms with van der Waals surface area (Å²) < 4.78 is 11.6. The molecule has 0 aromatic heterocycles. The van der Waals surface area contributed by atoms with Crippen molar-refractivity contribution in [3.63, 3.8) is 0 Å². The molecule has 2 aliphatic heterocycles. The Morgan fingerprint density at radius 3 is 2.46 bits per heavy atom. The van der Waals surface area contributed by atoms with Crippen molar-refractivity contribution < 1.29 is 24.2 Å². The molecule has 1 N–H and O–H groups in total. The molecule has 2 atom stereocenters. The topological polar surface area (TPSA) is 76.1 Å².